The lowest BCUT2D eigenvalue weighted by Crippen LogP contribution is -2.24. The Morgan fingerprint density at radius 2 is 2.19 bits per heavy atom. The third-order valence-corrected chi connectivity index (χ3v) is 2.50. The lowest BCUT2D eigenvalue weighted by Gasteiger charge is -2.08. The molecule has 0 spiro atoms. The van der Waals surface area contributed by atoms with Crippen LogP contribution in [0.3, 0.4) is 0 Å². The van der Waals surface area contributed by atoms with Crippen molar-refractivity contribution in [2.75, 3.05) is 0 Å². The van der Waals surface area contributed by atoms with Crippen LogP contribution in [0.1, 0.15) is 29.3 Å². The van der Waals surface area contributed by atoms with Gasteiger partial charge >= 0.3 is 0 Å². The number of nitrogens with two attached hydrogens (primary N) is 1. The molecule has 0 radical (unpaired) electrons. The molecule has 0 aliphatic heterocycles. The zero-order chi connectivity index (χ0) is 12.3. The molecule has 0 saturated carbocycles. The summed E-state index contributed by atoms with van der Waals surface area (Å²) >= 11 is 5.92. The molecule has 0 aliphatic rings. The number of carbonyl (C=O) groups is 1. The molecular formula is C12H15ClN2O. The van der Waals surface area contributed by atoms with E-state index in [1.54, 1.807) is 19.1 Å². The number of carbonyl (C=O) groups excluding carboxylic acids is 1. The maximum atomic E-state index is 11.9. The van der Waals surface area contributed by atoms with Gasteiger partial charge in [-0.1, -0.05) is 23.2 Å². The quantitative estimate of drug-likeness (QED) is 0.625. The first kappa shape index (κ1) is 12.9. The second-order valence-electron chi connectivity index (χ2n) is 3.97. The van der Waals surface area contributed by atoms with E-state index >= 15 is 0 Å². The van der Waals surface area contributed by atoms with Crippen LogP contribution >= 0.6 is 11.6 Å². The largest absolute Gasteiger partial charge is 0.328 e. The van der Waals surface area contributed by atoms with E-state index in [1.165, 1.54) is 0 Å². The molecule has 3 nitrogen and oxygen atoms in total. The summed E-state index contributed by atoms with van der Waals surface area (Å²) < 4.78 is 0. The first-order chi connectivity index (χ1) is 7.41. The average Bonchev–Trinajstić information content (AvgIpc) is 2.19. The Bertz CT molecular complexity index is 427. The Hall–Kier alpha value is -1.19. The number of hydrogen-bond donors (Lipinski definition) is 2. The summed E-state index contributed by atoms with van der Waals surface area (Å²) in [6, 6.07) is 5.00. The van der Waals surface area contributed by atoms with Gasteiger partial charge in [0.2, 0.25) is 5.78 Å². The second kappa shape index (κ2) is 5.23. The molecule has 0 amide bonds. The molecule has 0 fully saturated rings. The van der Waals surface area contributed by atoms with Gasteiger partial charge in [-0.05, 0) is 26.0 Å². The van der Waals surface area contributed by atoms with Gasteiger partial charge in [0.25, 0.3) is 0 Å². The number of ketones is 1. The molecule has 16 heavy (non-hydrogen) atoms. The van der Waals surface area contributed by atoms with Crippen LogP contribution in [-0.2, 0) is 0 Å². The van der Waals surface area contributed by atoms with E-state index in [9.17, 15) is 4.79 Å². The number of benzene rings is 1. The molecular weight excluding hydrogens is 224 g/mol. The summed E-state index contributed by atoms with van der Waals surface area (Å²) in [5.41, 5.74) is 6.88. The Balaban J connectivity index is 2.96. The predicted octanol–water partition coefficient (Wildman–Crippen LogP) is 2.59. The van der Waals surface area contributed by atoms with Gasteiger partial charge in [0.1, 0.15) is 0 Å². The van der Waals surface area contributed by atoms with Crippen molar-refractivity contribution in [3.05, 3.63) is 34.3 Å². The molecule has 0 aliphatic carbocycles. The van der Waals surface area contributed by atoms with E-state index in [-0.39, 0.29) is 24.0 Å². The van der Waals surface area contributed by atoms with Gasteiger partial charge < -0.3 is 11.1 Å². The van der Waals surface area contributed by atoms with Crippen LogP contribution in [0, 0.1) is 12.3 Å². The Morgan fingerprint density at radius 3 is 2.75 bits per heavy atom. The van der Waals surface area contributed by atoms with Crippen molar-refractivity contribution in [1.82, 2.24) is 0 Å². The summed E-state index contributed by atoms with van der Waals surface area (Å²) in [4.78, 5) is 11.9. The Labute approximate surface area is 100 Å². The van der Waals surface area contributed by atoms with E-state index < -0.39 is 0 Å². The lowest BCUT2D eigenvalue weighted by molar-refractivity contribution is 0.106. The van der Waals surface area contributed by atoms with E-state index in [2.05, 4.69) is 0 Å². The molecule has 1 aromatic rings. The maximum Gasteiger partial charge on any atom is 0.208 e. The van der Waals surface area contributed by atoms with Crippen LogP contribution in [0.2, 0.25) is 5.02 Å². The molecule has 4 heteroatoms. The fraction of sp³-hybridized carbons (Fsp3) is 0.333. The minimum Gasteiger partial charge on any atom is -0.328 e. The van der Waals surface area contributed by atoms with Crippen molar-refractivity contribution in [1.29, 1.82) is 5.41 Å². The third-order valence-electron chi connectivity index (χ3n) is 2.17. The lowest BCUT2D eigenvalue weighted by atomic mass is 10.0. The van der Waals surface area contributed by atoms with Crippen LogP contribution in [0.4, 0.5) is 0 Å². The fourth-order valence-corrected chi connectivity index (χ4v) is 1.59. The monoisotopic (exact) mass is 238 g/mol. The van der Waals surface area contributed by atoms with Crippen LogP contribution in [0.5, 0.6) is 0 Å². The summed E-state index contributed by atoms with van der Waals surface area (Å²) in [5, 5.41) is 8.02. The zero-order valence-electron chi connectivity index (χ0n) is 9.38. The number of hydrogen-bond acceptors (Lipinski definition) is 3. The molecule has 1 atom stereocenters. The molecule has 86 valence electrons. The molecule has 1 rings (SSSR count). The average molecular weight is 239 g/mol. The van der Waals surface area contributed by atoms with Crippen molar-refractivity contribution >= 4 is 23.1 Å². The van der Waals surface area contributed by atoms with Gasteiger partial charge in [0.05, 0.1) is 10.7 Å². The highest BCUT2D eigenvalue weighted by molar-refractivity contribution is 6.48. The Morgan fingerprint density at radius 1 is 1.56 bits per heavy atom. The van der Waals surface area contributed by atoms with Crippen LogP contribution in [0.25, 0.3) is 0 Å². The predicted molar refractivity (Wildman–Crippen MR) is 66.5 cm³/mol. The van der Waals surface area contributed by atoms with Crippen molar-refractivity contribution < 1.29 is 4.79 Å². The second-order valence-corrected chi connectivity index (χ2v) is 4.38. The molecule has 0 unspecified atom stereocenters. The number of aryl methyl sites for hydroxylation is 1. The van der Waals surface area contributed by atoms with E-state index in [1.807, 2.05) is 13.0 Å². The zero-order valence-corrected chi connectivity index (χ0v) is 10.1. The molecule has 0 heterocycles. The first-order valence-corrected chi connectivity index (χ1v) is 5.43. The number of nitrogens with one attached hydrogen (secondary N) is 1. The van der Waals surface area contributed by atoms with E-state index in [0.717, 1.165) is 5.56 Å². The summed E-state index contributed by atoms with van der Waals surface area (Å²) in [6.07, 6.45) is 0.267. The number of rotatable bonds is 4. The summed E-state index contributed by atoms with van der Waals surface area (Å²) in [6.45, 7) is 3.64. The van der Waals surface area contributed by atoms with Gasteiger partial charge in [0.15, 0.2) is 0 Å². The minimum atomic E-state index is -0.342. The normalized spacial score (nSPS) is 12.2. The fourth-order valence-electron chi connectivity index (χ4n) is 1.39. The van der Waals surface area contributed by atoms with Gasteiger partial charge in [-0.25, -0.2) is 0 Å². The highest BCUT2D eigenvalue weighted by Gasteiger charge is 2.16. The summed E-state index contributed by atoms with van der Waals surface area (Å²) in [7, 11) is 0. The minimum absolute atomic E-state index is 0.00231. The SMILES string of the molecule is Cc1ccc(Cl)c(C(=O)C(=N)C[C@@H](C)N)c1. The van der Waals surface area contributed by atoms with Gasteiger partial charge in [0, 0.05) is 18.0 Å². The van der Waals surface area contributed by atoms with Gasteiger partial charge in [-0.2, -0.15) is 0 Å². The molecule has 1 aromatic carbocycles. The van der Waals surface area contributed by atoms with E-state index in [0.29, 0.717) is 10.6 Å². The smallest absolute Gasteiger partial charge is 0.208 e. The number of halogens is 1. The van der Waals surface area contributed by atoms with Crippen molar-refractivity contribution in [3.63, 3.8) is 0 Å². The number of Topliss-reactive ketones (excluding diaryl/α,β-unsaturated/α-hetero) is 1. The first-order valence-electron chi connectivity index (χ1n) is 5.05. The van der Waals surface area contributed by atoms with Gasteiger partial charge in [-0.15, -0.1) is 0 Å². The highest BCUT2D eigenvalue weighted by Crippen LogP contribution is 2.18. The van der Waals surface area contributed by atoms with Crippen LogP contribution in [0.15, 0.2) is 18.2 Å². The molecule has 0 bridgehead atoms. The molecule has 0 saturated heterocycles. The van der Waals surface area contributed by atoms with Crippen molar-refractivity contribution in [2.24, 2.45) is 5.73 Å². The van der Waals surface area contributed by atoms with Gasteiger partial charge in [-0.3, -0.25) is 4.79 Å². The summed E-state index contributed by atoms with van der Waals surface area (Å²) in [5.74, 6) is -0.342. The van der Waals surface area contributed by atoms with E-state index in [4.69, 9.17) is 22.7 Å². The molecule has 0 aromatic heterocycles. The molecule has 3 N–H and O–H groups in total. The maximum absolute atomic E-state index is 11.9. The third kappa shape index (κ3) is 3.15. The standard InChI is InChI=1S/C12H15ClN2O/c1-7-3-4-10(13)9(5-7)12(16)11(15)6-8(2)14/h3-5,8,15H,6,14H2,1-2H3/t8-/m1/s1. The van der Waals surface area contributed by atoms with Crippen molar-refractivity contribution in [3.8, 4) is 0 Å². The highest BCUT2D eigenvalue weighted by atomic mass is 35.5. The Kier molecular flexibility index (Phi) is 4.21. The topological polar surface area (TPSA) is 66.9 Å². The van der Waals surface area contributed by atoms with Crippen LogP contribution < -0.4 is 5.73 Å². The van der Waals surface area contributed by atoms with Crippen molar-refractivity contribution in [2.45, 2.75) is 26.3 Å². The van der Waals surface area contributed by atoms with Crippen LogP contribution in [-0.4, -0.2) is 17.5 Å².